The van der Waals surface area contributed by atoms with E-state index in [0.717, 1.165) is 5.56 Å². The van der Waals surface area contributed by atoms with Gasteiger partial charge in [-0.05, 0) is 0 Å². The van der Waals surface area contributed by atoms with Crippen molar-refractivity contribution in [1.82, 2.24) is 4.90 Å². The standard InChI is InChI=1S/C16H22N2O6/c1-18(16(17)20)11-12(19)15(21-2)23-10-8-22-14(24-13(10)11)9-6-4-3-5-7-9/h3-7,10-15,19H,8H2,1-2H3,(H2,17,20)/t10-,11+,12+,13-,14?,15+/m1/s1. The first-order valence-electron chi connectivity index (χ1n) is 7.73. The molecule has 3 rings (SSSR count). The van der Waals surface area contributed by atoms with Gasteiger partial charge in [-0.3, -0.25) is 0 Å². The molecule has 2 heterocycles. The van der Waals surface area contributed by atoms with E-state index in [1.165, 1.54) is 19.1 Å². The number of rotatable bonds is 3. The lowest BCUT2D eigenvalue weighted by molar-refractivity contribution is -0.346. The van der Waals surface area contributed by atoms with Gasteiger partial charge in [0.25, 0.3) is 0 Å². The van der Waals surface area contributed by atoms with Crippen LogP contribution in [-0.2, 0) is 18.9 Å². The summed E-state index contributed by atoms with van der Waals surface area (Å²) in [6.07, 6.45) is -3.67. The third-order valence-corrected chi connectivity index (χ3v) is 4.43. The summed E-state index contributed by atoms with van der Waals surface area (Å²) in [6.45, 7) is 0.250. The van der Waals surface area contributed by atoms with Crippen molar-refractivity contribution in [3.63, 3.8) is 0 Å². The van der Waals surface area contributed by atoms with Gasteiger partial charge in [0.2, 0.25) is 0 Å². The zero-order valence-electron chi connectivity index (χ0n) is 13.6. The fourth-order valence-electron chi connectivity index (χ4n) is 3.15. The summed E-state index contributed by atoms with van der Waals surface area (Å²) in [7, 11) is 2.94. The van der Waals surface area contributed by atoms with Crippen LogP contribution in [0.25, 0.3) is 0 Å². The Balaban J connectivity index is 1.85. The first-order valence-corrected chi connectivity index (χ1v) is 7.73. The number of carbonyl (C=O) groups excluding carboxylic acids is 1. The maximum absolute atomic E-state index is 11.6. The molecule has 0 spiro atoms. The number of nitrogens with two attached hydrogens (primary N) is 1. The molecule has 8 nitrogen and oxygen atoms in total. The van der Waals surface area contributed by atoms with Crippen LogP contribution in [0.1, 0.15) is 11.9 Å². The van der Waals surface area contributed by atoms with E-state index in [1.807, 2.05) is 30.3 Å². The van der Waals surface area contributed by atoms with E-state index in [2.05, 4.69) is 0 Å². The molecule has 0 saturated carbocycles. The maximum atomic E-state index is 11.6. The van der Waals surface area contributed by atoms with E-state index in [9.17, 15) is 9.90 Å². The Morgan fingerprint density at radius 3 is 2.67 bits per heavy atom. The Morgan fingerprint density at radius 1 is 1.33 bits per heavy atom. The molecular weight excluding hydrogens is 316 g/mol. The van der Waals surface area contributed by atoms with Gasteiger partial charge in [-0.1, -0.05) is 30.3 Å². The number of primary amides is 1. The predicted octanol–water partition coefficient (Wildman–Crippen LogP) is 0.212. The molecule has 2 saturated heterocycles. The summed E-state index contributed by atoms with van der Waals surface area (Å²) < 4.78 is 22.6. The number of aliphatic hydroxyl groups is 1. The number of nitrogens with zero attached hydrogens (tertiary/aromatic N) is 1. The average molecular weight is 338 g/mol. The second-order valence-corrected chi connectivity index (χ2v) is 5.89. The minimum Gasteiger partial charge on any atom is -0.386 e. The molecule has 1 unspecified atom stereocenters. The molecule has 132 valence electrons. The quantitative estimate of drug-likeness (QED) is 0.817. The zero-order chi connectivity index (χ0) is 17.3. The van der Waals surface area contributed by atoms with Gasteiger partial charge in [0.1, 0.15) is 18.3 Å². The number of methoxy groups -OCH3 is 1. The predicted molar refractivity (Wildman–Crippen MR) is 82.8 cm³/mol. The highest BCUT2D eigenvalue weighted by Crippen LogP contribution is 2.35. The molecule has 0 bridgehead atoms. The molecule has 24 heavy (non-hydrogen) atoms. The number of ether oxygens (including phenoxy) is 4. The molecule has 2 aliphatic rings. The number of benzene rings is 1. The van der Waals surface area contributed by atoms with Gasteiger partial charge in [0.15, 0.2) is 12.6 Å². The van der Waals surface area contributed by atoms with Crippen molar-refractivity contribution in [2.45, 2.75) is 36.9 Å². The molecule has 0 aliphatic carbocycles. The largest absolute Gasteiger partial charge is 0.386 e. The molecule has 8 heteroatoms. The summed E-state index contributed by atoms with van der Waals surface area (Å²) >= 11 is 0. The van der Waals surface area contributed by atoms with Crippen LogP contribution in [0.15, 0.2) is 30.3 Å². The number of fused-ring (bicyclic) bond motifs is 1. The highest BCUT2D eigenvalue weighted by atomic mass is 16.7. The molecule has 2 aliphatic heterocycles. The summed E-state index contributed by atoms with van der Waals surface area (Å²) in [4.78, 5) is 12.9. The molecule has 6 atom stereocenters. The maximum Gasteiger partial charge on any atom is 0.314 e. The molecule has 1 aromatic carbocycles. The minimum absolute atomic E-state index is 0.250. The third-order valence-electron chi connectivity index (χ3n) is 4.43. The number of hydrogen-bond donors (Lipinski definition) is 2. The summed E-state index contributed by atoms with van der Waals surface area (Å²) in [6, 6.07) is 8.06. The lowest BCUT2D eigenvalue weighted by atomic mass is 9.94. The van der Waals surface area contributed by atoms with Crippen LogP contribution in [0.2, 0.25) is 0 Å². The van der Waals surface area contributed by atoms with Crippen LogP contribution in [0.3, 0.4) is 0 Å². The van der Waals surface area contributed by atoms with Crippen LogP contribution >= 0.6 is 0 Å². The van der Waals surface area contributed by atoms with E-state index in [0.29, 0.717) is 0 Å². The van der Waals surface area contributed by atoms with Gasteiger partial charge in [0.05, 0.1) is 12.6 Å². The van der Waals surface area contributed by atoms with Crippen LogP contribution < -0.4 is 5.73 Å². The van der Waals surface area contributed by atoms with Crippen LogP contribution in [0.4, 0.5) is 4.79 Å². The van der Waals surface area contributed by atoms with E-state index in [4.69, 9.17) is 24.7 Å². The topological polar surface area (TPSA) is 103 Å². The number of aliphatic hydroxyl groups excluding tert-OH is 1. The summed E-state index contributed by atoms with van der Waals surface area (Å²) in [5.41, 5.74) is 6.24. The van der Waals surface area contributed by atoms with Crippen molar-refractivity contribution >= 4 is 6.03 Å². The van der Waals surface area contributed by atoms with E-state index < -0.39 is 43.0 Å². The van der Waals surface area contributed by atoms with Crippen molar-refractivity contribution in [1.29, 1.82) is 0 Å². The number of amides is 2. The smallest absolute Gasteiger partial charge is 0.314 e. The first kappa shape index (κ1) is 17.1. The van der Waals surface area contributed by atoms with Crippen molar-refractivity contribution in [2.75, 3.05) is 20.8 Å². The Kier molecular flexibility index (Phi) is 5.02. The Hall–Kier alpha value is -1.71. The minimum atomic E-state index is -1.09. The molecule has 2 amide bonds. The lowest BCUT2D eigenvalue weighted by Crippen LogP contribution is -2.67. The van der Waals surface area contributed by atoms with Crippen molar-refractivity contribution < 1.29 is 28.8 Å². The second-order valence-electron chi connectivity index (χ2n) is 5.89. The van der Waals surface area contributed by atoms with Crippen LogP contribution in [-0.4, -0.2) is 67.4 Å². The first-order chi connectivity index (χ1) is 11.5. The Bertz CT molecular complexity index is 571. The molecular formula is C16H22N2O6. The number of urea groups is 1. The monoisotopic (exact) mass is 338 g/mol. The van der Waals surface area contributed by atoms with E-state index in [-0.39, 0.29) is 6.61 Å². The third kappa shape index (κ3) is 3.11. The number of likely N-dealkylation sites (N-methyl/N-ethyl adjacent to an activating group) is 1. The summed E-state index contributed by atoms with van der Waals surface area (Å²) in [5, 5.41) is 10.5. The van der Waals surface area contributed by atoms with E-state index >= 15 is 0 Å². The number of carbonyl (C=O) groups is 1. The van der Waals surface area contributed by atoms with Crippen LogP contribution in [0, 0.1) is 0 Å². The molecule has 1 aromatic rings. The normalized spacial score (nSPS) is 36.0. The van der Waals surface area contributed by atoms with Gasteiger partial charge in [-0.15, -0.1) is 0 Å². The molecule has 0 radical (unpaired) electrons. The fraction of sp³-hybridized carbons (Fsp3) is 0.562. The van der Waals surface area contributed by atoms with Crippen LogP contribution in [0.5, 0.6) is 0 Å². The highest BCUT2D eigenvalue weighted by Gasteiger charge is 2.51. The molecule has 0 aromatic heterocycles. The highest BCUT2D eigenvalue weighted by molar-refractivity contribution is 5.72. The SMILES string of the molecule is CO[C@H]1O[C@@H]2COC(c3ccccc3)O[C@H]2[C@@H](N(C)C(N)=O)[C@@H]1O. The van der Waals surface area contributed by atoms with Gasteiger partial charge in [-0.2, -0.15) is 0 Å². The molecule has 2 fully saturated rings. The van der Waals surface area contributed by atoms with Gasteiger partial charge < -0.3 is 34.7 Å². The van der Waals surface area contributed by atoms with Crippen molar-refractivity contribution in [3.05, 3.63) is 35.9 Å². The van der Waals surface area contributed by atoms with Gasteiger partial charge in [-0.25, -0.2) is 4.79 Å². The average Bonchev–Trinajstić information content (AvgIpc) is 2.61. The second kappa shape index (κ2) is 7.04. The van der Waals surface area contributed by atoms with Gasteiger partial charge >= 0.3 is 6.03 Å². The Morgan fingerprint density at radius 2 is 2.04 bits per heavy atom. The van der Waals surface area contributed by atoms with Crippen molar-refractivity contribution in [2.24, 2.45) is 5.73 Å². The fourth-order valence-corrected chi connectivity index (χ4v) is 3.15. The zero-order valence-corrected chi connectivity index (χ0v) is 13.6. The Labute approximate surface area is 140 Å². The van der Waals surface area contributed by atoms with Gasteiger partial charge in [0, 0.05) is 19.7 Å². The van der Waals surface area contributed by atoms with E-state index in [1.54, 1.807) is 0 Å². The summed E-state index contributed by atoms with van der Waals surface area (Å²) in [5.74, 6) is 0. The van der Waals surface area contributed by atoms with Crippen molar-refractivity contribution in [3.8, 4) is 0 Å². The lowest BCUT2D eigenvalue weighted by Gasteiger charge is -2.49. The molecule has 3 N–H and O–H groups in total. The number of hydrogen-bond acceptors (Lipinski definition) is 6.